The Morgan fingerprint density at radius 3 is 2.61 bits per heavy atom. The van der Waals surface area contributed by atoms with Crippen LogP contribution in [0.5, 0.6) is 11.5 Å². The van der Waals surface area contributed by atoms with E-state index < -0.39 is 0 Å². The number of amides is 1. The van der Waals surface area contributed by atoms with Gasteiger partial charge in [0.1, 0.15) is 0 Å². The summed E-state index contributed by atoms with van der Waals surface area (Å²) in [6.45, 7) is 2.33. The Kier molecular flexibility index (Phi) is 6.86. The van der Waals surface area contributed by atoms with Gasteiger partial charge in [-0.1, -0.05) is 60.1 Å². The molecule has 33 heavy (non-hydrogen) atoms. The van der Waals surface area contributed by atoms with Crippen molar-refractivity contribution in [2.24, 2.45) is 5.10 Å². The van der Waals surface area contributed by atoms with Crippen LogP contribution in [-0.4, -0.2) is 30.8 Å². The van der Waals surface area contributed by atoms with E-state index in [2.05, 4.69) is 10.5 Å². The number of para-hydroxylation sites is 1. The number of nitrogens with one attached hydrogen (secondary N) is 1. The summed E-state index contributed by atoms with van der Waals surface area (Å²) in [6.07, 6.45) is 1.50. The van der Waals surface area contributed by atoms with E-state index >= 15 is 0 Å². The lowest BCUT2D eigenvalue weighted by Crippen LogP contribution is -2.18. The molecule has 4 aromatic rings. The molecule has 0 atom stereocenters. The third kappa shape index (κ3) is 4.96. The molecule has 7 heteroatoms. The monoisotopic (exact) mass is 459 g/mol. The van der Waals surface area contributed by atoms with Crippen molar-refractivity contribution < 1.29 is 14.3 Å². The first-order chi connectivity index (χ1) is 16.1. The van der Waals surface area contributed by atoms with Crippen LogP contribution in [0.15, 0.2) is 77.9 Å². The van der Waals surface area contributed by atoms with Gasteiger partial charge in [0.25, 0.3) is 5.91 Å². The molecule has 0 spiro atoms. The SMILES string of the molecule is CCOc1c(Cl)cc(/C=N/NC(=O)c2cc(-c3ccccc3)nc3ccccc23)cc1OC. The maximum atomic E-state index is 13.0. The minimum absolute atomic E-state index is 0.342. The van der Waals surface area contributed by atoms with Gasteiger partial charge in [0, 0.05) is 10.9 Å². The predicted molar refractivity (Wildman–Crippen MR) is 131 cm³/mol. The zero-order chi connectivity index (χ0) is 23.2. The number of methoxy groups -OCH3 is 1. The van der Waals surface area contributed by atoms with Crippen LogP contribution in [0.3, 0.4) is 0 Å². The highest BCUT2D eigenvalue weighted by Crippen LogP contribution is 2.36. The number of ether oxygens (including phenoxy) is 2. The molecule has 0 saturated heterocycles. The number of carbonyl (C=O) groups is 1. The van der Waals surface area contributed by atoms with Crippen LogP contribution < -0.4 is 14.9 Å². The van der Waals surface area contributed by atoms with E-state index in [-0.39, 0.29) is 5.91 Å². The van der Waals surface area contributed by atoms with Crippen LogP contribution >= 0.6 is 11.6 Å². The molecule has 0 radical (unpaired) electrons. The van der Waals surface area contributed by atoms with Crippen LogP contribution in [-0.2, 0) is 0 Å². The smallest absolute Gasteiger partial charge is 0.272 e. The van der Waals surface area contributed by atoms with Crippen LogP contribution in [0.4, 0.5) is 0 Å². The van der Waals surface area contributed by atoms with E-state index in [1.54, 1.807) is 18.2 Å². The van der Waals surface area contributed by atoms with Gasteiger partial charge in [0.2, 0.25) is 0 Å². The Morgan fingerprint density at radius 2 is 1.85 bits per heavy atom. The van der Waals surface area contributed by atoms with E-state index in [0.717, 1.165) is 16.5 Å². The molecule has 0 unspecified atom stereocenters. The third-order valence-electron chi connectivity index (χ3n) is 4.95. The Hall–Kier alpha value is -3.90. The molecule has 3 aromatic carbocycles. The summed E-state index contributed by atoms with van der Waals surface area (Å²) in [4.78, 5) is 17.7. The fourth-order valence-electron chi connectivity index (χ4n) is 3.44. The van der Waals surface area contributed by atoms with Gasteiger partial charge in [0.05, 0.1) is 41.7 Å². The van der Waals surface area contributed by atoms with Crippen molar-refractivity contribution in [2.75, 3.05) is 13.7 Å². The van der Waals surface area contributed by atoms with Crippen molar-refractivity contribution in [3.8, 4) is 22.8 Å². The van der Waals surface area contributed by atoms with Crippen LogP contribution in [0.1, 0.15) is 22.8 Å². The Bertz CT molecular complexity index is 1320. The minimum atomic E-state index is -0.342. The molecule has 1 aromatic heterocycles. The number of aromatic nitrogens is 1. The molecule has 1 heterocycles. The number of rotatable bonds is 7. The van der Waals surface area contributed by atoms with Crippen molar-refractivity contribution in [1.82, 2.24) is 10.4 Å². The molecular formula is C26H22ClN3O3. The molecule has 0 saturated carbocycles. The van der Waals surface area contributed by atoms with Crippen molar-refractivity contribution in [3.05, 3.63) is 88.9 Å². The molecular weight excluding hydrogens is 438 g/mol. The lowest BCUT2D eigenvalue weighted by molar-refractivity contribution is 0.0956. The zero-order valence-electron chi connectivity index (χ0n) is 18.2. The average molecular weight is 460 g/mol. The van der Waals surface area contributed by atoms with Gasteiger partial charge in [-0.25, -0.2) is 10.4 Å². The first-order valence-electron chi connectivity index (χ1n) is 10.4. The van der Waals surface area contributed by atoms with Gasteiger partial charge in [0.15, 0.2) is 11.5 Å². The van der Waals surface area contributed by atoms with E-state index in [1.165, 1.54) is 13.3 Å². The molecule has 6 nitrogen and oxygen atoms in total. The number of hydrazone groups is 1. The summed E-state index contributed by atoms with van der Waals surface area (Å²) in [5.74, 6) is 0.621. The average Bonchev–Trinajstić information content (AvgIpc) is 2.85. The zero-order valence-corrected chi connectivity index (χ0v) is 19.0. The summed E-state index contributed by atoms with van der Waals surface area (Å²) in [5.41, 5.74) is 6.12. The van der Waals surface area contributed by atoms with E-state index in [9.17, 15) is 4.79 Å². The number of benzene rings is 3. The normalized spacial score (nSPS) is 11.0. The summed E-state index contributed by atoms with van der Waals surface area (Å²) in [5, 5.41) is 5.26. The fraction of sp³-hybridized carbons (Fsp3) is 0.115. The van der Waals surface area contributed by atoms with Crippen molar-refractivity contribution in [2.45, 2.75) is 6.92 Å². The first-order valence-corrected chi connectivity index (χ1v) is 10.8. The second kappa shape index (κ2) is 10.1. The summed E-state index contributed by atoms with van der Waals surface area (Å²) >= 11 is 6.31. The molecule has 166 valence electrons. The number of hydrogen-bond donors (Lipinski definition) is 1. The Balaban J connectivity index is 1.62. The molecule has 4 rings (SSSR count). The first kappa shape index (κ1) is 22.3. The summed E-state index contributed by atoms with van der Waals surface area (Å²) < 4.78 is 10.9. The molecule has 0 fully saturated rings. The van der Waals surface area contributed by atoms with Crippen molar-refractivity contribution in [1.29, 1.82) is 0 Å². The topological polar surface area (TPSA) is 72.8 Å². The van der Waals surface area contributed by atoms with Gasteiger partial charge >= 0.3 is 0 Å². The lowest BCUT2D eigenvalue weighted by Gasteiger charge is -2.11. The Morgan fingerprint density at radius 1 is 1.09 bits per heavy atom. The van der Waals surface area contributed by atoms with Gasteiger partial charge in [-0.15, -0.1) is 0 Å². The number of carbonyl (C=O) groups excluding carboxylic acids is 1. The highest BCUT2D eigenvalue weighted by atomic mass is 35.5. The van der Waals surface area contributed by atoms with E-state index in [4.69, 9.17) is 26.1 Å². The third-order valence-corrected chi connectivity index (χ3v) is 5.23. The van der Waals surface area contributed by atoms with E-state index in [0.29, 0.717) is 39.9 Å². The maximum absolute atomic E-state index is 13.0. The number of halogens is 1. The largest absolute Gasteiger partial charge is 0.493 e. The number of pyridine rings is 1. The lowest BCUT2D eigenvalue weighted by atomic mass is 10.0. The highest BCUT2D eigenvalue weighted by Gasteiger charge is 2.14. The molecule has 0 bridgehead atoms. The molecule has 0 aliphatic rings. The van der Waals surface area contributed by atoms with Crippen LogP contribution in [0, 0.1) is 0 Å². The van der Waals surface area contributed by atoms with Crippen LogP contribution in [0.25, 0.3) is 22.2 Å². The van der Waals surface area contributed by atoms with Gasteiger partial charge in [-0.2, -0.15) is 5.10 Å². The van der Waals surface area contributed by atoms with Gasteiger partial charge < -0.3 is 9.47 Å². The molecule has 0 aliphatic carbocycles. The van der Waals surface area contributed by atoms with Gasteiger partial charge in [-0.3, -0.25) is 4.79 Å². The minimum Gasteiger partial charge on any atom is -0.493 e. The summed E-state index contributed by atoms with van der Waals surface area (Å²) in [6, 6.07) is 22.5. The quantitative estimate of drug-likeness (QED) is 0.283. The number of hydrogen-bond acceptors (Lipinski definition) is 5. The van der Waals surface area contributed by atoms with Crippen molar-refractivity contribution >= 4 is 34.6 Å². The van der Waals surface area contributed by atoms with Gasteiger partial charge in [-0.05, 0) is 36.8 Å². The van der Waals surface area contributed by atoms with E-state index in [1.807, 2.05) is 61.5 Å². The molecule has 1 N–H and O–H groups in total. The van der Waals surface area contributed by atoms with Crippen LogP contribution in [0.2, 0.25) is 5.02 Å². The summed E-state index contributed by atoms with van der Waals surface area (Å²) in [7, 11) is 1.54. The molecule has 1 amide bonds. The molecule has 0 aliphatic heterocycles. The standard InChI is InChI=1S/C26H22ClN3O3/c1-3-33-25-21(27)13-17(14-24(25)32-2)16-28-30-26(31)20-15-23(18-9-5-4-6-10-18)29-22-12-8-7-11-19(20)22/h4-16H,3H2,1-2H3,(H,30,31)/b28-16+. The number of fused-ring (bicyclic) bond motifs is 1. The second-order valence-electron chi connectivity index (χ2n) is 7.10. The number of nitrogens with zero attached hydrogens (tertiary/aromatic N) is 2. The second-order valence-corrected chi connectivity index (χ2v) is 7.51. The highest BCUT2D eigenvalue weighted by molar-refractivity contribution is 6.32. The Labute approximate surface area is 196 Å². The van der Waals surface area contributed by atoms with Crippen molar-refractivity contribution in [3.63, 3.8) is 0 Å². The maximum Gasteiger partial charge on any atom is 0.272 e. The fourth-order valence-corrected chi connectivity index (χ4v) is 3.72. The predicted octanol–water partition coefficient (Wildman–Crippen LogP) is 5.73.